The Morgan fingerprint density at radius 2 is 1.75 bits per heavy atom. The highest BCUT2D eigenvalue weighted by molar-refractivity contribution is 5.44. The summed E-state index contributed by atoms with van der Waals surface area (Å²) in [5.74, 6) is 1.96. The fraction of sp³-hybridized carbons (Fsp3) is 0.625. The van der Waals surface area contributed by atoms with E-state index < -0.39 is 0 Å². The van der Waals surface area contributed by atoms with E-state index in [1.54, 1.807) is 0 Å². The van der Waals surface area contributed by atoms with Gasteiger partial charge in [0.25, 0.3) is 0 Å². The second-order valence-electron chi connectivity index (χ2n) is 3.30. The van der Waals surface area contributed by atoms with E-state index in [1.165, 1.54) is 0 Å². The lowest BCUT2D eigenvalue weighted by Crippen LogP contribution is -2.14. The van der Waals surface area contributed by atoms with E-state index in [0.717, 1.165) is 11.8 Å². The van der Waals surface area contributed by atoms with E-state index in [2.05, 4.69) is 4.98 Å². The molecule has 1 aromatic heterocycles. The number of aryl methyl sites for hydroxylation is 1. The van der Waals surface area contributed by atoms with Gasteiger partial charge in [-0.2, -0.15) is 4.98 Å². The number of imidazole rings is 1. The van der Waals surface area contributed by atoms with E-state index in [9.17, 15) is 0 Å². The Bertz CT molecular complexity index is 262. The Hall–Kier alpha value is -1.19. The first-order chi connectivity index (χ1) is 5.52. The molecule has 0 amide bonds. The standard InChI is InChI=1S/C8H16N4/c1-10(2)7-6-12(5)8(9-7)11(3)4/h6H,1-5H3. The van der Waals surface area contributed by atoms with Crippen LogP contribution in [0.3, 0.4) is 0 Å². The number of rotatable bonds is 2. The molecule has 4 nitrogen and oxygen atoms in total. The van der Waals surface area contributed by atoms with Crippen LogP contribution in [0, 0.1) is 0 Å². The number of hydrogen-bond acceptors (Lipinski definition) is 3. The zero-order valence-corrected chi connectivity index (χ0v) is 8.37. The average molecular weight is 168 g/mol. The van der Waals surface area contributed by atoms with Crippen molar-refractivity contribution in [3.05, 3.63) is 6.20 Å². The number of nitrogens with zero attached hydrogens (tertiary/aromatic N) is 4. The van der Waals surface area contributed by atoms with Crippen LogP contribution in [0.25, 0.3) is 0 Å². The average Bonchev–Trinajstić information content (AvgIpc) is 2.30. The number of anilines is 2. The molecule has 1 rings (SSSR count). The quantitative estimate of drug-likeness (QED) is 0.644. The minimum Gasteiger partial charge on any atom is -0.361 e. The molecular weight excluding hydrogens is 152 g/mol. The van der Waals surface area contributed by atoms with Crippen molar-refractivity contribution in [2.45, 2.75) is 0 Å². The SMILES string of the molecule is CN(C)c1cn(C)c(N(C)C)n1. The Labute approximate surface area is 73.4 Å². The third kappa shape index (κ3) is 1.52. The van der Waals surface area contributed by atoms with Gasteiger partial charge >= 0.3 is 0 Å². The van der Waals surface area contributed by atoms with Crippen LogP contribution in [-0.4, -0.2) is 37.7 Å². The molecule has 0 atom stereocenters. The molecule has 0 radical (unpaired) electrons. The predicted octanol–water partition coefficient (Wildman–Crippen LogP) is 0.552. The number of aromatic nitrogens is 2. The molecule has 0 aliphatic rings. The molecule has 0 aromatic carbocycles. The lowest BCUT2D eigenvalue weighted by molar-refractivity contribution is 0.867. The van der Waals surface area contributed by atoms with Gasteiger partial charge in [0.15, 0.2) is 0 Å². The smallest absolute Gasteiger partial charge is 0.206 e. The van der Waals surface area contributed by atoms with E-state index >= 15 is 0 Å². The van der Waals surface area contributed by atoms with Crippen molar-refractivity contribution in [1.29, 1.82) is 0 Å². The molecule has 1 heterocycles. The summed E-state index contributed by atoms with van der Waals surface area (Å²) in [5, 5.41) is 0. The Balaban J connectivity index is 3.00. The van der Waals surface area contributed by atoms with Crippen molar-refractivity contribution in [3.63, 3.8) is 0 Å². The van der Waals surface area contributed by atoms with Crippen molar-refractivity contribution in [1.82, 2.24) is 9.55 Å². The Morgan fingerprint density at radius 3 is 2.00 bits per heavy atom. The molecule has 4 heteroatoms. The molecule has 0 spiro atoms. The van der Waals surface area contributed by atoms with Crippen LogP contribution in [0.4, 0.5) is 11.8 Å². The van der Waals surface area contributed by atoms with E-state index in [1.807, 2.05) is 55.8 Å². The van der Waals surface area contributed by atoms with Crippen LogP contribution in [0.1, 0.15) is 0 Å². The van der Waals surface area contributed by atoms with Gasteiger partial charge in [0.2, 0.25) is 5.95 Å². The highest BCUT2D eigenvalue weighted by atomic mass is 15.3. The molecule has 0 aliphatic heterocycles. The van der Waals surface area contributed by atoms with Crippen molar-refractivity contribution >= 4 is 11.8 Å². The van der Waals surface area contributed by atoms with Gasteiger partial charge in [0.05, 0.1) is 0 Å². The van der Waals surface area contributed by atoms with Gasteiger partial charge in [-0.3, -0.25) is 0 Å². The van der Waals surface area contributed by atoms with Gasteiger partial charge in [-0.25, -0.2) is 0 Å². The van der Waals surface area contributed by atoms with Crippen LogP contribution in [0.5, 0.6) is 0 Å². The summed E-state index contributed by atoms with van der Waals surface area (Å²) >= 11 is 0. The molecular formula is C8H16N4. The summed E-state index contributed by atoms with van der Waals surface area (Å²) in [6.45, 7) is 0. The van der Waals surface area contributed by atoms with Crippen molar-refractivity contribution in [2.75, 3.05) is 38.0 Å². The van der Waals surface area contributed by atoms with Crippen LogP contribution in [-0.2, 0) is 7.05 Å². The van der Waals surface area contributed by atoms with Crippen LogP contribution in [0.2, 0.25) is 0 Å². The van der Waals surface area contributed by atoms with E-state index in [-0.39, 0.29) is 0 Å². The third-order valence-corrected chi connectivity index (χ3v) is 1.70. The van der Waals surface area contributed by atoms with Gasteiger partial charge in [-0.05, 0) is 0 Å². The van der Waals surface area contributed by atoms with Crippen LogP contribution < -0.4 is 9.80 Å². The molecule has 0 aliphatic carbocycles. The van der Waals surface area contributed by atoms with Gasteiger partial charge in [0, 0.05) is 41.4 Å². The van der Waals surface area contributed by atoms with Gasteiger partial charge in [-0.1, -0.05) is 0 Å². The summed E-state index contributed by atoms with van der Waals surface area (Å²) in [6, 6.07) is 0. The van der Waals surface area contributed by atoms with Crippen molar-refractivity contribution < 1.29 is 0 Å². The highest BCUT2D eigenvalue weighted by Gasteiger charge is 2.06. The minimum absolute atomic E-state index is 0.971. The van der Waals surface area contributed by atoms with Gasteiger partial charge < -0.3 is 14.4 Å². The van der Waals surface area contributed by atoms with Crippen molar-refractivity contribution in [2.24, 2.45) is 7.05 Å². The first-order valence-electron chi connectivity index (χ1n) is 3.90. The molecule has 0 bridgehead atoms. The van der Waals surface area contributed by atoms with Gasteiger partial charge in [-0.15, -0.1) is 0 Å². The largest absolute Gasteiger partial charge is 0.361 e. The van der Waals surface area contributed by atoms with Crippen LogP contribution in [0.15, 0.2) is 6.20 Å². The molecule has 68 valence electrons. The second-order valence-corrected chi connectivity index (χ2v) is 3.30. The number of hydrogen-bond donors (Lipinski definition) is 0. The monoisotopic (exact) mass is 168 g/mol. The molecule has 0 fully saturated rings. The molecule has 0 N–H and O–H groups in total. The lowest BCUT2D eigenvalue weighted by atomic mass is 10.7. The molecule has 12 heavy (non-hydrogen) atoms. The maximum Gasteiger partial charge on any atom is 0.206 e. The molecule has 1 aromatic rings. The first kappa shape index (κ1) is 8.90. The Kier molecular flexibility index (Phi) is 2.26. The highest BCUT2D eigenvalue weighted by Crippen LogP contribution is 2.15. The molecule has 0 unspecified atom stereocenters. The van der Waals surface area contributed by atoms with Gasteiger partial charge in [0.1, 0.15) is 5.82 Å². The maximum absolute atomic E-state index is 4.42. The summed E-state index contributed by atoms with van der Waals surface area (Å²) in [5.41, 5.74) is 0. The third-order valence-electron chi connectivity index (χ3n) is 1.70. The summed E-state index contributed by atoms with van der Waals surface area (Å²) in [6.07, 6.45) is 2.01. The van der Waals surface area contributed by atoms with Crippen molar-refractivity contribution in [3.8, 4) is 0 Å². The zero-order valence-electron chi connectivity index (χ0n) is 8.37. The zero-order chi connectivity index (χ0) is 9.30. The van der Waals surface area contributed by atoms with Crippen LogP contribution >= 0.6 is 0 Å². The predicted molar refractivity (Wildman–Crippen MR) is 51.9 cm³/mol. The normalized spacial score (nSPS) is 10.1. The first-order valence-corrected chi connectivity index (χ1v) is 3.90. The molecule has 0 saturated heterocycles. The summed E-state index contributed by atoms with van der Waals surface area (Å²) < 4.78 is 2.01. The Morgan fingerprint density at radius 1 is 1.17 bits per heavy atom. The molecule has 0 saturated carbocycles. The summed E-state index contributed by atoms with van der Waals surface area (Å²) in [7, 11) is 9.95. The fourth-order valence-electron chi connectivity index (χ4n) is 1.07. The lowest BCUT2D eigenvalue weighted by Gasteiger charge is -2.10. The second kappa shape index (κ2) is 3.05. The van der Waals surface area contributed by atoms with E-state index in [4.69, 9.17) is 0 Å². The summed E-state index contributed by atoms with van der Waals surface area (Å²) in [4.78, 5) is 8.41. The topological polar surface area (TPSA) is 24.3 Å². The minimum atomic E-state index is 0.971. The maximum atomic E-state index is 4.42. The fourth-order valence-corrected chi connectivity index (χ4v) is 1.07. The van der Waals surface area contributed by atoms with E-state index in [0.29, 0.717) is 0 Å².